The van der Waals surface area contributed by atoms with Crippen LogP contribution in [0.1, 0.15) is 29.3 Å². The lowest BCUT2D eigenvalue weighted by Crippen LogP contribution is -2.34. The van der Waals surface area contributed by atoms with Gasteiger partial charge in [-0.1, -0.05) is 6.92 Å². The summed E-state index contributed by atoms with van der Waals surface area (Å²) in [5, 5.41) is 0. The summed E-state index contributed by atoms with van der Waals surface area (Å²) in [6.45, 7) is 4.08. The fraction of sp³-hybridized carbons (Fsp3) is 0.533. The molecule has 0 radical (unpaired) electrons. The van der Waals surface area contributed by atoms with Crippen LogP contribution in [0.4, 0.5) is 4.39 Å². The molecule has 1 saturated heterocycles. The summed E-state index contributed by atoms with van der Waals surface area (Å²) >= 11 is 1.54. The SMILES string of the molecule is CSCc1cc(C(=O)N2CCC(C)(CN)C2)ccc1F.Cl. The Hall–Kier alpha value is -0.780. The second-order valence-electron chi connectivity index (χ2n) is 5.73. The van der Waals surface area contributed by atoms with Gasteiger partial charge in [0, 0.05) is 24.4 Å². The van der Waals surface area contributed by atoms with E-state index < -0.39 is 0 Å². The Morgan fingerprint density at radius 2 is 2.24 bits per heavy atom. The molecule has 1 aliphatic rings. The number of nitrogens with two attached hydrogens (primary N) is 1. The molecule has 0 saturated carbocycles. The number of thioether (sulfide) groups is 1. The highest BCUT2D eigenvalue weighted by molar-refractivity contribution is 7.97. The quantitative estimate of drug-likeness (QED) is 0.922. The summed E-state index contributed by atoms with van der Waals surface area (Å²) in [5.74, 6) is 0.307. The molecule has 2 rings (SSSR count). The zero-order valence-corrected chi connectivity index (χ0v) is 14.0. The van der Waals surface area contributed by atoms with Crippen molar-refractivity contribution >= 4 is 30.1 Å². The highest BCUT2D eigenvalue weighted by Gasteiger charge is 2.35. The molecule has 21 heavy (non-hydrogen) atoms. The molecule has 1 unspecified atom stereocenters. The van der Waals surface area contributed by atoms with Crippen LogP contribution in [-0.2, 0) is 5.75 Å². The van der Waals surface area contributed by atoms with Crippen molar-refractivity contribution in [2.75, 3.05) is 25.9 Å². The van der Waals surface area contributed by atoms with Crippen molar-refractivity contribution in [2.45, 2.75) is 19.1 Å². The summed E-state index contributed by atoms with van der Waals surface area (Å²) in [6, 6.07) is 4.63. The van der Waals surface area contributed by atoms with Crippen LogP contribution in [0.15, 0.2) is 18.2 Å². The van der Waals surface area contributed by atoms with Gasteiger partial charge >= 0.3 is 0 Å². The van der Waals surface area contributed by atoms with E-state index in [0.29, 0.717) is 30.0 Å². The van der Waals surface area contributed by atoms with Gasteiger partial charge in [0.2, 0.25) is 0 Å². The Labute approximate surface area is 135 Å². The first-order chi connectivity index (χ1) is 9.49. The summed E-state index contributed by atoms with van der Waals surface area (Å²) in [4.78, 5) is 14.3. The predicted molar refractivity (Wildman–Crippen MR) is 88.5 cm³/mol. The van der Waals surface area contributed by atoms with Crippen LogP contribution < -0.4 is 5.73 Å². The van der Waals surface area contributed by atoms with Gasteiger partial charge in [-0.2, -0.15) is 11.8 Å². The number of rotatable bonds is 4. The molecule has 6 heteroatoms. The summed E-state index contributed by atoms with van der Waals surface area (Å²) in [5.41, 5.74) is 6.93. The zero-order valence-electron chi connectivity index (χ0n) is 12.4. The van der Waals surface area contributed by atoms with E-state index in [2.05, 4.69) is 6.92 Å². The maximum Gasteiger partial charge on any atom is 0.253 e. The maximum atomic E-state index is 13.6. The molecule has 1 aromatic rings. The topological polar surface area (TPSA) is 46.3 Å². The zero-order chi connectivity index (χ0) is 14.8. The van der Waals surface area contributed by atoms with E-state index in [1.165, 1.54) is 6.07 Å². The lowest BCUT2D eigenvalue weighted by atomic mass is 9.90. The molecule has 1 aliphatic heterocycles. The lowest BCUT2D eigenvalue weighted by Gasteiger charge is -2.22. The van der Waals surface area contributed by atoms with E-state index in [1.807, 2.05) is 11.2 Å². The van der Waals surface area contributed by atoms with E-state index in [1.54, 1.807) is 23.9 Å². The van der Waals surface area contributed by atoms with Gasteiger partial charge in [0.25, 0.3) is 5.91 Å². The molecular weight excluding hydrogens is 311 g/mol. The number of halogens is 2. The van der Waals surface area contributed by atoms with Crippen molar-refractivity contribution < 1.29 is 9.18 Å². The van der Waals surface area contributed by atoms with Gasteiger partial charge in [0.1, 0.15) is 5.82 Å². The highest BCUT2D eigenvalue weighted by Crippen LogP contribution is 2.29. The van der Waals surface area contributed by atoms with E-state index in [4.69, 9.17) is 5.73 Å². The van der Waals surface area contributed by atoms with Crippen LogP contribution in [0.5, 0.6) is 0 Å². The number of amides is 1. The molecule has 1 aromatic carbocycles. The third kappa shape index (κ3) is 4.11. The second-order valence-corrected chi connectivity index (χ2v) is 6.60. The number of benzene rings is 1. The smallest absolute Gasteiger partial charge is 0.253 e. The van der Waals surface area contributed by atoms with Crippen LogP contribution in [0.2, 0.25) is 0 Å². The summed E-state index contributed by atoms with van der Waals surface area (Å²) in [7, 11) is 0. The third-order valence-corrected chi connectivity index (χ3v) is 4.53. The van der Waals surface area contributed by atoms with Gasteiger partial charge < -0.3 is 10.6 Å². The first-order valence-corrected chi connectivity index (χ1v) is 8.15. The van der Waals surface area contributed by atoms with Gasteiger partial charge in [-0.05, 0) is 48.4 Å². The van der Waals surface area contributed by atoms with Crippen LogP contribution >= 0.6 is 24.2 Å². The van der Waals surface area contributed by atoms with Crippen LogP contribution in [0.3, 0.4) is 0 Å². The van der Waals surface area contributed by atoms with Crippen molar-refractivity contribution in [1.29, 1.82) is 0 Å². The molecule has 1 heterocycles. The number of carbonyl (C=O) groups excluding carboxylic acids is 1. The number of nitrogens with zero attached hydrogens (tertiary/aromatic N) is 1. The van der Waals surface area contributed by atoms with Crippen molar-refractivity contribution in [1.82, 2.24) is 4.90 Å². The summed E-state index contributed by atoms with van der Waals surface area (Å²) in [6.07, 6.45) is 2.84. The van der Waals surface area contributed by atoms with Crippen LogP contribution in [-0.4, -0.2) is 36.7 Å². The average molecular weight is 333 g/mol. The molecule has 118 valence electrons. The van der Waals surface area contributed by atoms with Gasteiger partial charge in [-0.15, -0.1) is 12.4 Å². The van der Waals surface area contributed by atoms with Gasteiger partial charge in [-0.25, -0.2) is 4.39 Å². The van der Waals surface area contributed by atoms with E-state index in [9.17, 15) is 9.18 Å². The number of carbonyl (C=O) groups is 1. The minimum atomic E-state index is -0.246. The Bertz CT molecular complexity index is 514. The molecule has 3 nitrogen and oxygen atoms in total. The minimum Gasteiger partial charge on any atom is -0.338 e. The molecule has 1 amide bonds. The standard InChI is InChI=1S/C15H21FN2OS.ClH/c1-15(9-17)5-6-18(10-15)14(19)11-3-4-13(16)12(7-11)8-20-2;/h3-4,7H,5-6,8-10,17H2,1-2H3;1H. The molecule has 1 fully saturated rings. The van der Waals surface area contributed by atoms with Crippen molar-refractivity contribution in [3.05, 3.63) is 35.1 Å². The molecule has 2 N–H and O–H groups in total. The molecule has 0 spiro atoms. The van der Waals surface area contributed by atoms with Crippen LogP contribution in [0.25, 0.3) is 0 Å². The first kappa shape index (κ1) is 18.3. The Kier molecular flexibility index (Phi) is 6.50. The number of hydrogen-bond acceptors (Lipinski definition) is 3. The highest BCUT2D eigenvalue weighted by atomic mass is 35.5. The number of likely N-dealkylation sites (tertiary alicyclic amines) is 1. The first-order valence-electron chi connectivity index (χ1n) is 6.76. The molecular formula is C15H22ClFN2OS. The van der Waals surface area contributed by atoms with Crippen molar-refractivity contribution in [3.8, 4) is 0 Å². The van der Waals surface area contributed by atoms with E-state index >= 15 is 0 Å². The largest absolute Gasteiger partial charge is 0.338 e. The lowest BCUT2D eigenvalue weighted by molar-refractivity contribution is 0.0776. The second kappa shape index (κ2) is 7.47. The molecule has 0 bridgehead atoms. The predicted octanol–water partition coefficient (Wildman–Crippen LogP) is 2.92. The molecule has 0 aliphatic carbocycles. The monoisotopic (exact) mass is 332 g/mol. The third-order valence-electron chi connectivity index (χ3n) is 3.93. The minimum absolute atomic E-state index is 0. The number of hydrogen-bond donors (Lipinski definition) is 1. The Morgan fingerprint density at radius 3 is 2.81 bits per heavy atom. The normalized spacial score (nSPS) is 21.2. The van der Waals surface area contributed by atoms with Crippen molar-refractivity contribution in [2.24, 2.45) is 11.1 Å². The molecule has 1 atom stereocenters. The summed E-state index contributed by atoms with van der Waals surface area (Å²) < 4.78 is 13.6. The Morgan fingerprint density at radius 1 is 1.52 bits per heavy atom. The van der Waals surface area contributed by atoms with Gasteiger partial charge in [0.05, 0.1) is 0 Å². The Balaban J connectivity index is 0.00000220. The van der Waals surface area contributed by atoms with Gasteiger partial charge in [0.15, 0.2) is 0 Å². The van der Waals surface area contributed by atoms with E-state index in [0.717, 1.165) is 13.0 Å². The average Bonchev–Trinajstić information content (AvgIpc) is 2.84. The fourth-order valence-corrected chi connectivity index (χ4v) is 3.05. The van der Waals surface area contributed by atoms with E-state index in [-0.39, 0.29) is 29.5 Å². The van der Waals surface area contributed by atoms with Crippen molar-refractivity contribution in [3.63, 3.8) is 0 Å². The molecule has 0 aromatic heterocycles. The van der Waals surface area contributed by atoms with Gasteiger partial charge in [-0.3, -0.25) is 4.79 Å². The maximum absolute atomic E-state index is 13.6. The van der Waals surface area contributed by atoms with Crippen LogP contribution in [0, 0.1) is 11.2 Å². The fourth-order valence-electron chi connectivity index (χ4n) is 2.52.